The van der Waals surface area contributed by atoms with Crippen LogP contribution in [0.2, 0.25) is 30.1 Å². The summed E-state index contributed by atoms with van der Waals surface area (Å²) in [6.45, 7) is 8.12. The third kappa shape index (κ3) is 13.4. The number of halogens is 6. The van der Waals surface area contributed by atoms with Crippen LogP contribution in [0.15, 0.2) is 124 Å². The van der Waals surface area contributed by atoms with E-state index in [1.165, 1.54) is 39.9 Å². The summed E-state index contributed by atoms with van der Waals surface area (Å²) < 4.78 is 35.5. The Hall–Kier alpha value is -4.08. The summed E-state index contributed by atoms with van der Waals surface area (Å²) >= 11 is 39.4. The Kier molecular flexibility index (Phi) is 20.0. The third-order valence-electron chi connectivity index (χ3n) is 14.1. The van der Waals surface area contributed by atoms with Gasteiger partial charge in [0.1, 0.15) is 0 Å². The molecule has 396 valence electrons. The van der Waals surface area contributed by atoms with Crippen LogP contribution >= 0.6 is 81.4 Å². The molecule has 0 saturated heterocycles. The smallest absolute Gasteiger partial charge is 0.227 e. The lowest BCUT2D eigenvalue weighted by atomic mass is 9.93. The molecule has 3 heterocycles. The highest BCUT2D eigenvalue weighted by molar-refractivity contribution is 7.98. The maximum absolute atomic E-state index is 12.9. The van der Waals surface area contributed by atoms with Crippen molar-refractivity contribution in [3.8, 4) is 0 Å². The first kappa shape index (κ1) is 58.6. The van der Waals surface area contributed by atoms with E-state index in [1.807, 2.05) is 78.4 Å². The van der Waals surface area contributed by atoms with E-state index < -0.39 is 20.6 Å². The SMILES string of the molecule is CSc1ccc(Cl)c(CC(=O)N2CCc3ccccc3[C@@H]2C)c1Cl.C[C@H]1c2ccccc2CCN1C(=O)Cc1c(Cl)ccc(S(C)(=O)=O)c1Cl.C[C@H]1c2ccccc2CCN1C(=O)Cc1c(Cl)ccc(S(C)=O)c1Cl. The minimum Gasteiger partial charge on any atom is -0.335 e. The highest BCUT2D eigenvalue weighted by Crippen LogP contribution is 2.38. The molecule has 6 aromatic carbocycles. The first-order chi connectivity index (χ1) is 35.6. The molecule has 6 aromatic rings. The molecule has 4 atom stereocenters. The van der Waals surface area contributed by atoms with Crippen molar-refractivity contribution in [3.05, 3.63) is 189 Å². The molecular formula is C57H57Cl6N3O6S3. The molecule has 1 unspecified atom stereocenters. The highest BCUT2D eigenvalue weighted by atomic mass is 35.5. The number of hydrogen-bond acceptors (Lipinski definition) is 7. The van der Waals surface area contributed by atoms with Crippen molar-refractivity contribution in [1.29, 1.82) is 0 Å². The Morgan fingerprint density at radius 3 is 1.25 bits per heavy atom. The van der Waals surface area contributed by atoms with E-state index in [4.69, 9.17) is 69.6 Å². The van der Waals surface area contributed by atoms with Gasteiger partial charge in [-0.25, -0.2) is 8.42 Å². The highest BCUT2D eigenvalue weighted by Gasteiger charge is 2.32. The van der Waals surface area contributed by atoms with Crippen molar-refractivity contribution < 1.29 is 27.0 Å². The number of carbonyl (C=O) groups is 3. The van der Waals surface area contributed by atoms with Gasteiger partial charge in [0, 0.05) is 52.1 Å². The second kappa shape index (κ2) is 25.6. The number of thioether (sulfide) groups is 1. The number of benzene rings is 6. The monoisotopic (exact) mass is 1190 g/mol. The quantitative estimate of drug-likeness (QED) is 0.133. The van der Waals surface area contributed by atoms with Gasteiger partial charge in [0.25, 0.3) is 0 Å². The van der Waals surface area contributed by atoms with E-state index in [-0.39, 0.29) is 65.0 Å². The largest absolute Gasteiger partial charge is 0.335 e. The molecule has 0 aromatic heterocycles. The number of nitrogens with zero attached hydrogens (tertiary/aromatic N) is 3. The van der Waals surface area contributed by atoms with E-state index >= 15 is 0 Å². The van der Waals surface area contributed by atoms with Crippen molar-refractivity contribution >= 4 is 120 Å². The van der Waals surface area contributed by atoms with Crippen LogP contribution in [0.4, 0.5) is 0 Å². The van der Waals surface area contributed by atoms with Crippen molar-refractivity contribution in [3.63, 3.8) is 0 Å². The van der Waals surface area contributed by atoms with Gasteiger partial charge in [-0.3, -0.25) is 18.6 Å². The number of rotatable bonds is 9. The first-order valence-electron chi connectivity index (χ1n) is 24.2. The average Bonchev–Trinajstić information content (AvgIpc) is 3.38. The predicted molar refractivity (Wildman–Crippen MR) is 309 cm³/mol. The fraction of sp³-hybridized carbons (Fsp3) is 0.316. The fourth-order valence-electron chi connectivity index (χ4n) is 9.98. The van der Waals surface area contributed by atoms with Crippen molar-refractivity contribution in [2.45, 2.75) is 92.1 Å². The lowest BCUT2D eigenvalue weighted by Gasteiger charge is -2.35. The molecule has 0 radical (unpaired) electrons. The van der Waals surface area contributed by atoms with Gasteiger partial charge in [0.2, 0.25) is 17.7 Å². The molecule has 75 heavy (non-hydrogen) atoms. The van der Waals surface area contributed by atoms with E-state index in [0.717, 1.165) is 48.1 Å². The molecule has 9 rings (SSSR count). The predicted octanol–water partition coefficient (Wildman–Crippen LogP) is 13.9. The number of fused-ring (bicyclic) bond motifs is 3. The Balaban J connectivity index is 0.000000164. The second-order valence-electron chi connectivity index (χ2n) is 18.6. The molecule has 18 heteroatoms. The van der Waals surface area contributed by atoms with Crippen LogP contribution in [0, 0.1) is 0 Å². The number of carbonyl (C=O) groups excluding carboxylic acids is 3. The standard InChI is InChI=1S/C19H19Cl2NO3S.C19H19Cl2NO2S.C19H19Cl2NOS/c1-12-14-6-4-3-5-13(14)9-10-22(12)18(23)11-15-16(20)7-8-17(19(15)21)26(2,24)25;1-12-14-6-4-3-5-13(14)9-10-22(12)18(23)11-15-16(20)7-8-17(19(15)21)25(2)24;1-12-14-6-4-3-5-13(14)9-10-22(12)18(23)11-15-16(20)7-8-17(24-2)19(15)21/h3-8,12H,9-11H2,1-2H3;3-8,12H,9-11H2,1-2H3;3-8,12H,9-11H2,1-2H3/t12-;12-,25?;12-/m000/s1. The Morgan fingerprint density at radius 1 is 0.533 bits per heavy atom. The van der Waals surface area contributed by atoms with Gasteiger partial charge in [0.15, 0.2) is 9.84 Å². The summed E-state index contributed by atoms with van der Waals surface area (Å²) in [6, 6.07) is 34.5. The molecule has 3 aliphatic rings. The first-order valence-corrected chi connectivity index (χ1v) is 31.2. The Labute approximate surface area is 477 Å². The number of amides is 3. The molecule has 0 spiro atoms. The summed E-state index contributed by atoms with van der Waals surface area (Å²) in [6.07, 6.45) is 7.43. The maximum atomic E-state index is 12.9. The van der Waals surface area contributed by atoms with Crippen LogP contribution in [-0.4, -0.2) is 83.4 Å². The van der Waals surface area contributed by atoms with E-state index in [0.29, 0.717) is 54.2 Å². The second-order valence-corrected chi connectivity index (χ2v) is 25.1. The summed E-state index contributed by atoms with van der Waals surface area (Å²) in [5.41, 5.74) is 9.04. The van der Waals surface area contributed by atoms with E-state index in [2.05, 4.69) is 43.3 Å². The average molecular weight is 1190 g/mol. The molecule has 9 nitrogen and oxygen atoms in total. The molecule has 0 aliphatic carbocycles. The van der Waals surface area contributed by atoms with Crippen LogP contribution < -0.4 is 0 Å². The van der Waals surface area contributed by atoms with Gasteiger partial charge in [0.05, 0.1) is 73.0 Å². The van der Waals surface area contributed by atoms with Crippen LogP contribution in [0.25, 0.3) is 0 Å². The summed E-state index contributed by atoms with van der Waals surface area (Å²) in [5, 5.41) is 2.22. The lowest BCUT2D eigenvalue weighted by Crippen LogP contribution is -2.39. The minimum absolute atomic E-state index is 0.0107. The van der Waals surface area contributed by atoms with Gasteiger partial charge in [-0.2, -0.15) is 0 Å². The van der Waals surface area contributed by atoms with Gasteiger partial charge < -0.3 is 14.7 Å². The number of hydrogen-bond donors (Lipinski definition) is 0. The molecule has 3 aliphatic heterocycles. The van der Waals surface area contributed by atoms with Gasteiger partial charge in [-0.1, -0.05) is 142 Å². The fourth-order valence-corrected chi connectivity index (χ4v) is 14.4. The Bertz CT molecular complexity index is 3290. The molecule has 0 N–H and O–H groups in total. The van der Waals surface area contributed by atoms with Gasteiger partial charge in [-0.15, -0.1) is 11.8 Å². The topological polar surface area (TPSA) is 112 Å². The summed E-state index contributed by atoms with van der Waals surface area (Å²) in [4.78, 5) is 45.7. The van der Waals surface area contributed by atoms with Gasteiger partial charge >= 0.3 is 0 Å². The molecule has 0 saturated carbocycles. The van der Waals surface area contributed by atoms with Crippen LogP contribution in [0.3, 0.4) is 0 Å². The van der Waals surface area contributed by atoms with Crippen LogP contribution in [0.1, 0.15) is 89.0 Å². The molecule has 0 bridgehead atoms. The van der Waals surface area contributed by atoms with Crippen LogP contribution in [-0.2, 0) is 73.5 Å². The molecule has 0 fully saturated rings. The van der Waals surface area contributed by atoms with Gasteiger partial charge in [-0.05, 0) is 133 Å². The number of sulfone groups is 1. The van der Waals surface area contributed by atoms with Crippen molar-refractivity contribution in [2.24, 2.45) is 0 Å². The van der Waals surface area contributed by atoms with Crippen molar-refractivity contribution in [1.82, 2.24) is 14.7 Å². The summed E-state index contributed by atoms with van der Waals surface area (Å²) in [7, 11) is -4.73. The third-order valence-corrected chi connectivity index (χ3v) is 19.7. The molecule has 3 amide bonds. The zero-order valence-electron chi connectivity index (χ0n) is 42.3. The van der Waals surface area contributed by atoms with E-state index in [9.17, 15) is 27.0 Å². The summed E-state index contributed by atoms with van der Waals surface area (Å²) in [5.74, 6) is -0.0784. The zero-order valence-corrected chi connectivity index (χ0v) is 49.3. The Morgan fingerprint density at radius 2 is 0.880 bits per heavy atom. The zero-order chi connectivity index (χ0) is 54.5. The van der Waals surface area contributed by atoms with E-state index in [1.54, 1.807) is 35.1 Å². The normalized spacial score (nSPS) is 17.3. The molecular weight excluding hydrogens is 1130 g/mol. The maximum Gasteiger partial charge on any atom is 0.227 e. The minimum atomic E-state index is -3.50. The van der Waals surface area contributed by atoms with Crippen molar-refractivity contribution in [2.75, 3.05) is 38.4 Å². The van der Waals surface area contributed by atoms with Crippen LogP contribution in [0.5, 0.6) is 0 Å². The lowest BCUT2D eigenvalue weighted by molar-refractivity contribution is -0.133.